The maximum Gasteiger partial charge on any atom is 0.326 e. The number of carbonyl (C=O) groups excluding carboxylic acids is 1. The van der Waals surface area contributed by atoms with Gasteiger partial charge in [-0.2, -0.15) is 0 Å². The molecule has 7 heteroatoms. The summed E-state index contributed by atoms with van der Waals surface area (Å²) in [6, 6.07) is 7.10. The molecule has 2 rings (SSSR count). The van der Waals surface area contributed by atoms with Crippen LogP contribution in [0.1, 0.15) is 19.3 Å². The molecule has 1 aromatic rings. The number of carbonyl (C=O) groups is 2. The van der Waals surface area contributed by atoms with Crippen molar-refractivity contribution >= 4 is 21.7 Å². The van der Waals surface area contributed by atoms with Crippen LogP contribution in [0.15, 0.2) is 35.2 Å². The zero-order chi connectivity index (χ0) is 15.5. The van der Waals surface area contributed by atoms with Gasteiger partial charge in [-0.1, -0.05) is 18.2 Å². The van der Waals surface area contributed by atoms with E-state index in [9.17, 15) is 18.0 Å². The van der Waals surface area contributed by atoms with E-state index in [2.05, 4.69) is 0 Å². The summed E-state index contributed by atoms with van der Waals surface area (Å²) >= 11 is 0. The van der Waals surface area contributed by atoms with E-state index in [1.807, 2.05) is 0 Å². The summed E-state index contributed by atoms with van der Waals surface area (Å²) in [5.41, 5.74) is 0. The van der Waals surface area contributed by atoms with Gasteiger partial charge in [0.05, 0.1) is 10.6 Å². The van der Waals surface area contributed by atoms with Crippen LogP contribution in [-0.2, 0) is 19.4 Å². The summed E-state index contributed by atoms with van der Waals surface area (Å²) in [7, 11) is -3.52. The minimum absolute atomic E-state index is 0.175. The number of carboxylic acids is 1. The van der Waals surface area contributed by atoms with E-state index in [4.69, 9.17) is 5.11 Å². The average Bonchev–Trinajstić information content (AvgIpc) is 2.95. The first kappa shape index (κ1) is 15.5. The van der Waals surface area contributed by atoms with Gasteiger partial charge in [0.2, 0.25) is 5.91 Å². The number of sulfone groups is 1. The Balaban J connectivity index is 2.00. The van der Waals surface area contributed by atoms with Gasteiger partial charge in [-0.15, -0.1) is 0 Å². The monoisotopic (exact) mass is 311 g/mol. The molecule has 1 heterocycles. The van der Waals surface area contributed by atoms with Crippen LogP contribution in [0, 0.1) is 0 Å². The lowest BCUT2D eigenvalue weighted by atomic mass is 10.2. The Kier molecular flexibility index (Phi) is 4.62. The Morgan fingerprint density at radius 3 is 2.52 bits per heavy atom. The number of benzene rings is 1. The van der Waals surface area contributed by atoms with E-state index in [0.717, 1.165) is 0 Å². The van der Waals surface area contributed by atoms with Gasteiger partial charge >= 0.3 is 5.97 Å². The van der Waals surface area contributed by atoms with E-state index in [1.54, 1.807) is 18.2 Å². The molecule has 0 spiro atoms. The topological polar surface area (TPSA) is 91.8 Å². The van der Waals surface area contributed by atoms with Crippen molar-refractivity contribution in [3.05, 3.63) is 30.3 Å². The van der Waals surface area contributed by atoms with Crippen LogP contribution >= 0.6 is 0 Å². The molecule has 21 heavy (non-hydrogen) atoms. The Bertz CT molecular complexity index is 626. The average molecular weight is 311 g/mol. The Morgan fingerprint density at radius 1 is 1.24 bits per heavy atom. The van der Waals surface area contributed by atoms with Crippen LogP contribution in [0.3, 0.4) is 0 Å². The van der Waals surface area contributed by atoms with E-state index < -0.39 is 27.8 Å². The van der Waals surface area contributed by atoms with Crippen molar-refractivity contribution < 1.29 is 23.1 Å². The number of likely N-dealkylation sites (tertiary alicyclic amines) is 1. The van der Waals surface area contributed by atoms with E-state index in [0.29, 0.717) is 19.4 Å². The van der Waals surface area contributed by atoms with Crippen LogP contribution < -0.4 is 0 Å². The fourth-order valence-corrected chi connectivity index (χ4v) is 3.68. The van der Waals surface area contributed by atoms with E-state index in [1.165, 1.54) is 17.0 Å². The lowest BCUT2D eigenvalue weighted by Gasteiger charge is -2.21. The highest BCUT2D eigenvalue weighted by atomic mass is 32.2. The van der Waals surface area contributed by atoms with Gasteiger partial charge in [-0.05, 0) is 25.0 Å². The third kappa shape index (κ3) is 3.60. The summed E-state index contributed by atoms with van der Waals surface area (Å²) < 4.78 is 24.2. The summed E-state index contributed by atoms with van der Waals surface area (Å²) in [5, 5.41) is 9.03. The van der Waals surface area contributed by atoms with Gasteiger partial charge in [0, 0.05) is 13.0 Å². The smallest absolute Gasteiger partial charge is 0.326 e. The van der Waals surface area contributed by atoms with Gasteiger partial charge in [-0.3, -0.25) is 4.79 Å². The molecule has 1 N–H and O–H groups in total. The van der Waals surface area contributed by atoms with Crippen molar-refractivity contribution in [2.75, 3.05) is 12.3 Å². The zero-order valence-corrected chi connectivity index (χ0v) is 12.3. The van der Waals surface area contributed by atoms with Crippen molar-refractivity contribution in [3.63, 3.8) is 0 Å². The maximum atomic E-state index is 12.1. The first-order chi connectivity index (χ1) is 9.92. The van der Waals surface area contributed by atoms with Crippen LogP contribution in [0.2, 0.25) is 0 Å². The van der Waals surface area contributed by atoms with Gasteiger partial charge < -0.3 is 10.0 Å². The van der Waals surface area contributed by atoms with Crippen molar-refractivity contribution in [1.29, 1.82) is 0 Å². The second-order valence-electron chi connectivity index (χ2n) is 4.97. The van der Waals surface area contributed by atoms with Crippen molar-refractivity contribution in [2.24, 2.45) is 0 Å². The molecule has 1 amide bonds. The number of hydrogen-bond donors (Lipinski definition) is 1. The molecule has 1 atom stereocenters. The number of carboxylic acid groups (broad SMARTS) is 1. The third-order valence-electron chi connectivity index (χ3n) is 3.55. The largest absolute Gasteiger partial charge is 0.480 e. The molecule has 0 radical (unpaired) electrons. The molecular weight excluding hydrogens is 294 g/mol. The first-order valence-electron chi connectivity index (χ1n) is 6.72. The van der Waals surface area contributed by atoms with Crippen LogP contribution in [0.25, 0.3) is 0 Å². The summed E-state index contributed by atoms with van der Waals surface area (Å²) in [5.74, 6) is -1.76. The van der Waals surface area contributed by atoms with Crippen LogP contribution in [-0.4, -0.2) is 48.6 Å². The molecule has 0 aromatic heterocycles. The fourth-order valence-electron chi connectivity index (χ4n) is 2.43. The highest BCUT2D eigenvalue weighted by Crippen LogP contribution is 2.19. The highest BCUT2D eigenvalue weighted by molar-refractivity contribution is 7.91. The molecule has 1 aromatic carbocycles. The zero-order valence-electron chi connectivity index (χ0n) is 11.4. The second kappa shape index (κ2) is 6.26. The van der Waals surface area contributed by atoms with Gasteiger partial charge in [-0.25, -0.2) is 13.2 Å². The molecule has 1 unspecified atom stereocenters. The number of hydrogen-bond acceptors (Lipinski definition) is 4. The minimum atomic E-state index is -3.52. The number of rotatable bonds is 5. The fraction of sp³-hybridized carbons (Fsp3) is 0.429. The summed E-state index contributed by atoms with van der Waals surface area (Å²) in [6.45, 7) is 0.376. The molecule has 1 aliphatic rings. The van der Waals surface area contributed by atoms with E-state index in [-0.39, 0.29) is 17.1 Å². The van der Waals surface area contributed by atoms with Gasteiger partial charge in [0.25, 0.3) is 0 Å². The normalized spacial score (nSPS) is 18.7. The number of amides is 1. The highest BCUT2D eigenvalue weighted by Gasteiger charge is 2.34. The minimum Gasteiger partial charge on any atom is -0.480 e. The predicted molar refractivity (Wildman–Crippen MR) is 75.5 cm³/mol. The Hall–Kier alpha value is -1.89. The maximum absolute atomic E-state index is 12.1. The van der Waals surface area contributed by atoms with Crippen molar-refractivity contribution in [2.45, 2.75) is 30.2 Å². The Morgan fingerprint density at radius 2 is 1.90 bits per heavy atom. The van der Waals surface area contributed by atoms with E-state index >= 15 is 0 Å². The van der Waals surface area contributed by atoms with Crippen molar-refractivity contribution in [1.82, 2.24) is 4.90 Å². The molecule has 1 aliphatic heterocycles. The third-order valence-corrected chi connectivity index (χ3v) is 5.28. The van der Waals surface area contributed by atoms with Crippen LogP contribution in [0.4, 0.5) is 0 Å². The standard InChI is InChI=1S/C14H17NO5S/c16-13(15-9-4-7-12(15)14(17)18)8-10-21(19,20)11-5-2-1-3-6-11/h1-3,5-6,12H,4,7-10H2,(H,17,18). The molecule has 114 valence electrons. The first-order valence-corrected chi connectivity index (χ1v) is 8.37. The number of nitrogens with zero attached hydrogens (tertiary/aromatic N) is 1. The molecule has 0 aliphatic carbocycles. The quantitative estimate of drug-likeness (QED) is 0.873. The second-order valence-corrected chi connectivity index (χ2v) is 7.07. The molecule has 0 bridgehead atoms. The molecule has 0 saturated carbocycles. The van der Waals surface area contributed by atoms with Gasteiger partial charge in [0.1, 0.15) is 6.04 Å². The lowest BCUT2D eigenvalue weighted by Crippen LogP contribution is -2.40. The van der Waals surface area contributed by atoms with Crippen molar-refractivity contribution in [3.8, 4) is 0 Å². The number of aliphatic carboxylic acids is 1. The Labute approximate surface area is 123 Å². The summed E-state index contributed by atoms with van der Waals surface area (Å²) in [4.78, 5) is 24.5. The molecular formula is C14H17NO5S. The lowest BCUT2D eigenvalue weighted by molar-refractivity contribution is -0.148. The molecule has 1 saturated heterocycles. The molecule has 6 nitrogen and oxygen atoms in total. The SMILES string of the molecule is O=C(O)C1CCCN1C(=O)CCS(=O)(=O)c1ccccc1. The molecule has 1 fully saturated rings. The summed E-state index contributed by atoms with van der Waals surface area (Å²) in [6.07, 6.45) is 0.863. The van der Waals surface area contributed by atoms with Gasteiger partial charge in [0.15, 0.2) is 9.84 Å². The van der Waals surface area contributed by atoms with Crippen LogP contribution in [0.5, 0.6) is 0 Å². The predicted octanol–water partition coefficient (Wildman–Crippen LogP) is 0.926.